The van der Waals surface area contributed by atoms with Gasteiger partial charge in [0.05, 0.1) is 24.9 Å². The quantitative estimate of drug-likeness (QED) is 0.819. The van der Waals surface area contributed by atoms with E-state index in [9.17, 15) is 17.6 Å². The molecule has 7 heteroatoms. The lowest BCUT2D eigenvalue weighted by Crippen LogP contribution is -2.38. The number of hydrogen-bond acceptors (Lipinski definition) is 3. The molecule has 0 bridgehead atoms. The van der Waals surface area contributed by atoms with Crippen LogP contribution in [0.5, 0.6) is 0 Å². The Morgan fingerprint density at radius 3 is 2.52 bits per heavy atom. The number of sulfonamides is 1. The third kappa shape index (κ3) is 5.56. The van der Waals surface area contributed by atoms with Gasteiger partial charge in [0.1, 0.15) is 5.82 Å². The molecule has 0 atom stereocenters. The monoisotopic (exact) mass is 364 g/mol. The van der Waals surface area contributed by atoms with Crippen LogP contribution in [0.4, 0.5) is 10.1 Å². The third-order valence-corrected chi connectivity index (χ3v) is 4.83. The summed E-state index contributed by atoms with van der Waals surface area (Å²) in [5.41, 5.74) is 1.79. The van der Waals surface area contributed by atoms with Crippen molar-refractivity contribution >= 4 is 21.6 Å². The van der Waals surface area contributed by atoms with Gasteiger partial charge in [-0.15, -0.1) is 0 Å². The number of carbonyl (C=O) groups is 1. The smallest absolute Gasteiger partial charge is 0.232 e. The van der Waals surface area contributed by atoms with Gasteiger partial charge in [-0.25, -0.2) is 12.8 Å². The largest absolute Gasteiger partial charge is 0.354 e. The predicted octanol–water partition coefficient (Wildman–Crippen LogP) is 2.26. The maximum atomic E-state index is 13.5. The van der Waals surface area contributed by atoms with Crippen LogP contribution in [0.1, 0.15) is 11.1 Å². The maximum Gasteiger partial charge on any atom is 0.232 e. The van der Waals surface area contributed by atoms with Crippen LogP contribution in [0, 0.1) is 12.7 Å². The van der Waals surface area contributed by atoms with Gasteiger partial charge in [0.2, 0.25) is 15.9 Å². The summed E-state index contributed by atoms with van der Waals surface area (Å²) in [6.45, 7) is 2.11. The molecule has 0 saturated heterocycles. The second-order valence-corrected chi connectivity index (χ2v) is 7.70. The van der Waals surface area contributed by atoms with Crippen molar-refractivity contribution in [2.75, 3.05) is 23.7 Å². The number of carbonyl (C=O) groups excluding carboxylic acids is 1. The van der Waals surface area contributed by atoms with E-state index in [0.717, 1.165) is 11.8 Å². The number of halogens is 1. The van der Waals surface area contributed by atoms with Gasteiger partial charge in [-0.2, -0.15) is 0 Å². The van der Waals surface area contributed by atoms with E-state index in [1.807, 2.05) is 13.0 Å². The molecule has 2 aromatic carbocycles. The van der Waals surface area contributed by atoms with E-state index in [2.05, 4.69) is 5.32 Å². The van der Waals surface area contributed by atoms with Crippen LogP contribution in [-0.4, -0.2) is 33.7 Å². The zero-order chi connectivity index (χ0) is 18.4. The van der Waals surface area contributed by atoms with Gasteiger partial charge in [-0.05, 0) is 36.2 Å². The molecule has 0 fully saturated rings. The number of rotatable bonds is 7. The molecule has 0 aliphatic carbocycles. The maximum absolute atomic E-state index is 13.5. The molecular formula is C18H21FN2O3S. The number of nitrogens with zero attached hydrogens (tertiary/aromatic N) is 1. The van der Waals surface area contributed by atoms with E-state index in [0.29, 0.717) is 11.3 Å². The third-order valence-electron chi connectivity index (χ3n) is 3.64. The lowest BCUT2D eigenvalue weighted by molar-refractivity contribution is -0.120. The van der Waals surface area contributed by atoms with Crippen molar-refractivity contribution in [1.29, 1.82) is 0 Å². The van der Waals surface area contributed by atoms with Crippen molar-refractivity contribution in [2.24, 2.45) is 0 Å². The summed E-state index contributed by atoms with van der Waals surface area (Å²) in [4.78, 5) is 11.9. The van der Waals surface area contributed by atoms with Gasteiger partial charge in [-0.1, -0.05) is 30.3 Å². The van der Waals surface area contributed by atoms with Crippen molar-refractivity contribution in [3.63, 3.8) is 0 Å². The highest BCUT2D eigenvalue weighted by Gasteiger charge is 2.17. The SMILES string of the molecule is Cc1cccc(N(CCNC(=O)Cc2ccccc2F)S(C)(=O)=O)c1. The highest BCUT2D eigenvalue weighted by atomic mass is 32.2. The van der Waals surface area contributed by atoms with E-state index in [1.165, 1.54) is 10.4 Å². The van der Waals surface area contributed by atoms with Crippen LogP contribution in [-0.2, 0) is 21.2 Å². The minimum Gasteiger partial charge on any atom is -0.354 e. The van der Waals surface area contributed by atoms with Crippen LogP contribution in [0.3, 0.4) is 0 Å². The summed E-state index contributed by atoms with van der Waals surface area (Å²) in [7, 11) is -3.48. The van der Waals surface area contributed by atoms with Gasteiger partial charge in [-0.3, -0.25) is 9.10 Å². The van der Waals surface area contributed by atoms with Crippen molar-refractivity contribution in [3.05, 3.63) is 65.5 Å². The molecule has 5 nitrogen and oxygen atoms in total. The highest BCUT2D eigenvalue weighted by molar-refractivity contribution is 7.92. The van der Waals surface area contributed by atoms with Crippen LogP contribution < -0.4 is 9.62 Å². The molecule has 0 aliphatic rings. The molecule has 1 N–H and O–H groups in total. The Labute approximate surface area is 147 Å². The minimum atomic E-state index is -3.48. The number of benzene rings is 2. The molecule has 0 aromatic heterocycles. The number of aryl methyl sites for hydroxylation is 1. The first-order chi connectivity index (χ1) is 11.8. The highest BCUT2D eigenvalue weighted by Crippen LogP contribution is 2.18. The molecule has 0 radical (unpaired) electrons. The summed E-state index contributed by atoms with van der Waals surface area (Å²) in [6, 6.07) is 13.2. The van der Waals surface area contributed by atoms with Gasteiger partial charge in [0, 0.05) is 6.54 Å². The molecule has 2 aromatic rings. The topological polar surface area (TPSA) is 66.5 Å². The fourth-order valence-corrected chi connectivity index (χ4v) is 3.36. The molecule has 0 heterocycles. The van der Waals surface area contributed by atoms with Gasteiger partial charge in [0.25, 0.3) is 0 Å². The van der Waals surface area contributed by atoms with Crippen LogP contribution in [0.25, 0.3) is 0 Å². The molecule has 134 valence electrons. The van der Waals surface area contributed by atoms with Crippen molar-refractivity contribution < 1.29 is 17.6 Å². The standard InChI is InChI=1S/C18H21FN2O3S/c1-14-6-5-8-16(12-14)21(25(2,23)24)11-10-20-18(22)13-15-7-3-4-9-17(15)19/h3-9,12H,10-11,13H2,1-2H3,(H,20,22). The summed E-state index contributed by atoms with van der Waals surface area (Å²) < 4.78 is 38.8. The minimum absolute atomic E-state index is 0.0873. The van der Waals surface area contributed by atoms with Crippen LogP contribution in [0.15, 0.2) is 48.5 Å². The molecule has 1 amide bonds. The zero-order valence-electron chi connectivity index (χ0n) is 14.2. The van der Waals surface area contributed by atoms with Crippen LogP contribution in [0.2, 0.25) is 0 Å². The Hall–Kier alpha value is -2.41. The Kier molecular flexibility index (Phi) is 6.14. The summed E-state index contributed by atoms with van der Waals surface area (Å²) in [5.74, 6) is -0.794. The first-order valence-electron chi connectivity index (χ1n) is 7.82. The van der Waals surface area contributed by atoms with Crippen molar-refractivity contribution in [3.8, 4) is 0 Å². The molecule has 0 saturated carbocycles. The van der Waals surface area contributed by atoms with E-state index in [4.69, 9.17) is 0 Å². The number of nitrogens with one attached hydrogen (secondary N) is 1. The average Bonchev–Trinajstić information content (AvgIpc) is 2.52. The first kappa shape index (κ1) is 18.9. The zero-order valence-corrected chi connectivity index (χ0v) is 15.0. The van der Waals surface area contributed by atoms with E-state index < -0.39 is 15.8 Å². The normalized spacial score (nSPS) is 11.2. The lowest BCUT2D eigenvalue weighted by Gasteiger charge is -2.23. The summed E-state index contributed by atoms with van der Waals surface area (Å²) >= 11 is 0. The molecule has 2 rings (SSSR count). The number of hydrogen-bond donors (Lipinski definition) is 1. The predicted molar refractivity (Wildman–Crippen MR) is 96.5 cm³/mol. The summed E-state index contributed by atoms with van der Waals surface area (Å²) in [6.07, 6.45) is 1.03. The number of amides is 1. The van der Waals surface area contributed by atoms with Gasteiger partial charge in [0.15, 0.2) is 0 Å². The Morgan fingerprint density at radius 2 is 1.88 bits per heavy atom. The lowest BCUT2D eigenvalue weighted by atomic mass is 10.1. The van der Waals surface area contributed by atoms with E-state index in [1.54, 1.807) is 36.4 Å². The Bertz CT molecular complexity index is 853. The van der Waals surface area contributed by atoms with Crippen LogP contribution >= 0.6 is 0 Å². The molecule has 25 heavy (non-hydrogen) atoms. The van der Waals surface area contributed by atoms with E-state index in [-0.39, 0.29) is 25.4 Å². The molecular weight excluding hydrogens is 343 g/mol. The first-order valence-corrected chi connectivity index (χ1v) is 9.66. The van der Waals surface area contributed by atoms with Gasteiger partial charge >= 0.3 is 0 Å². The second kappa shape index (κ2) is 8.11. The fraction of sp³-hybridized carbons (Fsp3) is 0.278. The van der Waals surface area contributed by atoms with Crippen molar-refractivity contribution in [2.45, 2.75) is 13.3 Å². The second-order valence-electron chi connectivity index (χ2n) is 5.79. The Balaban J connectivity index is 1.97. The Morgan fingerprint density at radius 1 is 1.16 bits per heavy atom. The van der Waals surface area contributed by atoms with Gasteiger partial charge < -0.3 is 5.32 Å². The number of anilines is 1. The average molecular weight is 364 g/mol. The molecule has 0 unspecified atom stereocenters. The van der Waals surface area contributed by atoms with Crippen molar-refractivity contribution in [1.82, 2.24) is 5.32 Å². The molecule has 0 aliphatic heterocycles. The molecule has 0 spiro atoms. The van der Waals surface area contributed by atoms with E-state index >= 15 is 0 Å². The summed E-state index contributed by atoms with van der Waals surface area (Å²) in [5, 5.41) is 2.63. The fourth-order valence-electron chi connectivity index (χ4n) is 2.44.